The third-order valence-corrected chi connectivity index (χ3v) is 2.92. The first-order valence-corrected chi connectivity index (χ1v) is 5.65. The quantitative estimate of drug-likeness (QED) is 0.734. The van der Waals surface area contributed by atoms with Gasteiger partial charge >= 0.3 is 5.97 Å². The number of carboxylic acids is 1. The number of hydrogen-bond acceptors (Lipinski definition) is 3. The Kier molecular flexibility index (Phi) is 5.25. The summed E-state index contributed by atoms with van der Waals surface area (Å²) < 4.78 is 4.81. The lowest BCUT2D eigenvalue weighted by molar-refractivity contribution is -0.141. The molecular weight excluding hydrogens is 210 g/mol. The molecule has 0 aliphatic heterocycles. The molecule has 1 amide bonds. The van der Waals surface area contributed by atoms with Crippen molar-refractivity contribution in [3.05, 3.63) is 0 Å². The average Bonchev–Trinajstić information content (AvgIpc) is 2.71. The standard InChI is InChI=1S/C11H19NO4/c1-16-8-10(13)12(7-6-11(14)15)9-4-2-3-5-9/h9H,2-8H2,1H3,(H,14,15). The van der Waals surface area contributed by atoms with Crippen LogP contribution >= 0.6 is 0 Å². The van der Waals surface area contributed by atoms with E-state index < -0.39 is 5.97 Å². The normalized spacial score (nSPS) is 16.3. The van der Waals surface area contributed by atoms with Gasteiger partial charge in [-0.15, -0.1) is 0 Å². The molecule has 1 fully saturated rings. The molecule has 0 atom stereocenters. The first-order chi connectivity index (χ1) is 7.65. The molecular formula is C11H19NO4. The number of carbonyl (C=O) groups excluding carboxylic acids is 1. The zero-order chi connectivity index (χ0) is 12.0. The van der Waals surface area contributed by atoms with Crippen molar-refractivity contribution in [3.8, 4) is 0 Å². The summed E-state index contributed by atoms with van der Waals surface area (Å²) in [6.45, 7) is 0.332. The molecule has 0 aromatic heterocycles. The summed E-state index contributed by atoms with van der Waals surface area (Å²) in [5.41, 5.74) is 0. The monoisotopic (exact) mass is 229 g/mol. The average molecular weight is 229 g/mol. The van der Waals surface area contributed by atoms with Gasteiger partial charge in [0, 0.05) is 19.7 Å². The molecule has 0 radical (unpaired) electrons. The van der Waals surface area contributed by atoms with Crippen LogP contribution in [0.5, 0.6) is 0 Å². The van der Waals surface area contributed by atoms with E-state index in [4.69, 9.17) is 9.84 Å². The number of nitrogens with zero attached hydrogens (tertiary/aromatic N) is 1. The Morgan fingerprint density at radius 3 is 2.50 bits per heavy atom. The van der Waals surface area contributed by atoms with E-state index in [1.54, 1.807) is 4.90 Å². The fourth-order valence-corrected chi connectivity index (χ4v) is 2.15. The highest BCUT2D eigenvalue weighted by atomic mass is 16.5. The van der Waals surface area contributed by atoms with E-state index in [1.165, 1.54) is 7.11 Å². The van der Waals surface area contributed by atoms with E-state index in [2.05, 4.69) is 0 Å². The molecule has 1 aliphatic carbocycles. The van der Waals surface area contributed by atoms with Gasteiger partial charge in [-0.05, 0) is 12.8 Å². The van der Waals surface area contributed by atoms with Gasteiger partial charge in [0.15, 0.2) is 0 Å². The fourth-order valence-electron chi connectivity index (χ4n) is 2.15. The summed E-state index contributed by atoms with van der Waals surface area (Å²) in [6, 6.07) is 0.210. The fraction of sp³-hybridized carbons (Fsp3) is 0.818. The minimum absolute atomic E-state index is 0.00591. The third kappa shape index (κ3) is 3.81. The van der Waals surface area contributed by atoms with Gasteiger partial charge in [-0.25, -0.2) is 0 Å². The Hall–Kier alpha value is -1.10. The van der Waals surface area contributed by atoms with E-state index in [1.807, 2.05) is 0 Å². The van der Waals surface area contributed by atoms with Crippen molar-refractivity contribution in [1.29, 1.82) is 0 Å². The molecule has 0 bridgehead atoms. The van der Waals surface area contributed by atoms with Gasteiger partial charge in [-0.2, -0.15) is 0 Å². The van der Waals surface area contributed by atoms with Crippen LogP contribution in [0.25, 0.3) is 0 Å². The van der Waals surface area contributed by atoms with Crippen LogP contribution in [0.15, 0.2) is 0 Å². The second kappa shape index (κ2) is 6.48. The summed E-state index contributed by atoms with van der Waals surface area (Å²) in [4.78, 5) is 24.0. The largest absolute Gasteiger partial charge is 0.481 e. The molecule has 0 saturated heterocycles. The summed E-state index contributed by atoms with van der Waals surface area (Å²) in [5.74, 6) is -0.969. The SMILES string of the molecule is COCC(=O)N(CCC(=O)O)C1CCCC1. The predicted molar refractivity (Wildman–Crippen MR) is 58.1 cm³/mol. The van der Waals surface area contributed by atoms with E-state index in [0.29, 0.717) is 6.54 Å². The number of carboxylic acid groups (broad SMARTS) is 1. The van der Waals surface area contributed by atoms with Gasteiger partial charge in [0.2, 0.25) is 5.91 Å². The lowest BCUT2D eigenvalue weighted by Gasteiger charge is -2.28. The lowest BCUT2D eigenvalue weighted by Crippen LogP contribution is -2.42. The van der Waals surface area contributed by atoms with Crippen molar-refractivity contribution < 1.29 is 19.4 Å². The second-order valence-electron chi connectivity index (χ2n) is 4.10. The molecule has 1 rings (SSSR count). The first-order valence-electron chi connectivity index (χ1n) is 5.65. The zero-order valence-electron chi connectivity index (χ0n) is 9.65. The van der Waals surface area contributed by atoms with Crippen molar-refractivity contribution in [3.63, 3.8) is 0 Å². The van der Waals surface area contributed by atoms with Gasteiger partial charge < -0.3 is 14.7 Å². The van der Waals surface area contributed by atoms with Crippen LogP contribution in [0.2, 0.25) is 0 Å². The molecule has 0 unspecified atom stereocenters. The maximum atomic E-state index is 11.8. The molecule has 1 saturated carbocycles. The van der Waals surface area contributed by atoms with Crippen molar-refractivity contribution in [2.45, 2.75) is 38.1 Å². The van der Waals surface area contributed by atoms with Crippen LogP contribution in [0.1, 0.15) is 32.1 Å². The number of ether oxygens (including phenoxy) is 1. The number of amides is 1. The summed E-state index contributed by atoms with van der Waals surface area (Å²) in [5, 5.41) is 8.65. The Labute approximate surface area is 95.4 Å². The van der Waals surface area contributed by atoms with Crippen LogP contribution in [0, 0.1) is 0 Å². The summed E-state index contributed by atoms with van der Waals surface area (Å²) in [7, 11) is 1.47. The molecule has 1 aliphatic rings. The molecule has 1 N–H and O–H groups in total. The zero-order valence-corrected chi connectivity index (χ0v) is 9.65. The van der Waals surface area contributed by atoms with Crippen molar-refractivity contribution in [2.24, 2.45) is 0 Å². The van der Waals surface area contributed by atoms with Crippen LogP contribution in [-0.4, -0.2) is 48.2 Å². The van der Waals surface area contributed by atoms with E-state index in [9.17, 15) is 9.59 Å². The maximum absolute atomic E-state index is 11.8. The van der Waals surface area contributed by atoms with Gasteiger partial charge in [0.05, 0.1) is 6.42 Å². The molecule has 5 nitrogen and oxygen atoms in total. The molecule has 0 spiro atoms. The lowest BCUT2D eigenvalue weighted by atomic mass is 10.2. The van der Waals surface area contributed by atoms with E-state index >= 15 is 0 Å². The molecule has 0 heterocycles. The van der Waals surface area contributed by atoms with Gasteiger partial charge in [-0.3, -0.25) is 9.59 Å². The highest BCUT2D eigenvalue weighted by Crippen LogP contribution is 2.23. The second-order valence-corrected chi connectivity index (χ2v) is 4.10. The number of carbonyl (C=O) groups is 2. The Morgan fingerprint density at radius 1 is 1.38 bits per heavy atom. The third-order valence-electron chi connectivity index (χ3n) is 2.92. The maximum Gasteiger partial charge on any atom is 0.305 e. The number of methoxy groups -OCH3 is 1. The molecule has 0 aromatic rings. The first kappa shape index (κ1) is 13.0. The number of rotatable bonds is 6. The topological polar surface area (TPSA) is 66.8 Å². The summed E-state index contributed by atoms with van der Waals surface area (Å²) >= 11 is 0. The molecule has 16 heavy (non-hydrogen) atoms. The Morgan fingerprint density at radius 2 is 2.00 bits per heavy atom. The minimum atomic E-state index is -0.867. The Bertz CT molecular complexity index is 248. The van der Waals surface area contributed by atoms with Gasteiger partial charge in [0.1, 0.15) is 6.61 Å². The van der Waals surface area contributed by atoms with Crippen LogP contribution in [-0.2, 0) is 14.3 Å². The van der Waals surface area contributed by atoms with Crippen molar-refractivity contribution in [2.75, 3.05) is 20.3 Å². The number of aliphatic carboxylic acids is 1. The smallest absolute Gasteiger partial charge is 0.305 e. The van der Waals surface area contributed by atoms with Gasteiger partial charge in [-0.1, -0.05) is 12.8 Å². The minimum Gasteiger partial charge on any atom is -0.481 e. The van der Waals surface area contributed by atoms with E-state index in [-0.39, 0.29) is 25.0 Å². The van der Waals surface area contributed by atoms with Gasteiger partial charge in [0.25, 0.3) is 0 Å². The highest BCUT2D eigenvalue weighted by Gasteiger charge is 2.26. The molecule has 92 valence electrons. The van der Waals surface area contributed by atoms with Crippen molar-refractivity contribution in [1.82, 2.24) is 4.90 Å². The summed E-state index contributed by atoms with van der Waals surface area (Å²) in [6.07, 6.45) is 4.21. The van der Waals surface area contributed by atoms with Crippen LogP contribution in [0.4, 0.5) is 0 Å². The number of hydrogen-bond donors (Lipinski definition) is 1. The van der Waals surface area contributed by atoms with E-state index in [0.717, 1.165) is 25.7 Å². The van der Waals surface area contributed by atoms with Crippen molar-refractivity contribution >= 4 is 11.9 Å². The van der Waals surface area contributed by atoms with Crippen LogP contribution in [0.3, 0.4) is 0 Å². The highest BCUT2D eigenvalue weighted by molar-refractivity contribution is 5.78. The van der Waals surface area contributed by atoms with Crippen LogP contribution < -0.4 is 0 Å². The Balaban J connectivity index is 2.52. The molecule has 0 aromatic carbocycles. The molecule has 5 heteroatoms. The predicted octanol–water partition coefficient (Wildman–Crippen LogP) is 0.879.